The number of hydrogen-bond acceptors (Lipinski definition) is 5. The number of rotatable bonds is 2. The van der Waals surface area contributed by atoms with E-state index in [0.29, 0.717) is 0 Å². The van der Waals surface area contributed by atoms with Crippen LogP contribution in [-0.2, 0) is 9.84 Å². The third-order valence-corrected chi connectivity index (χ3v) is 5.43. The highest BCUT2D eigenvalue weighted by Gasteiger charge is 2.49. The normalized spacial score (nSPS) is 23.2. The zero-order chi connectivity index (χ0) is 12.8. The lowest BCUT2D eigenvalue weighted by Crippen LogP contribution is -2.32. The molecule has 1 aliphatic rings. The number of Topliss-reactive ketones (excluding diaryl/α,β-unsaturated/α-hetero) is 1. The topological polar surface area (TPSA) is 80.6 Å². The number of sulfone groups is 1. The first-order valence-electron chi connectivity index (χ1n) is 4.80. The number of benzene rings is 1. The van der Waals surface area contributed by atoms with Crippen LogP contribution in [0, 0.1) is 4.91 Å². The predicted molar refractivity (Wildman–Crippen MR) is 62.0 cm³/mol. The minimum Gasteiger partial charge on any atom is -0.293 e. The lowest BCUT2D eigenvalue weighted by atomic mass is 10.1. The number of fused-ring (bicyclic) bond motifs is 1. The molecular weight excluding hydrogens is 266 g/mol. The largest absolute Gasteiger partial charge is 0.293 e. The van der Waals surface area contributed by atoms with E-state index in [4.69, 9.17) is 11.6 Å². The van der Waals surface area contributed by atoms with Crippen LogP contribution in [0.5, 0.6) is 0 Å². The van der Waals surface area contributed by atoms with Gasteiger partial charge in [0.1, 0.15) is 6.04 Å². The number of hydrogen-bond donors (Lipinski definition) is 0. The molecule has 1 heterocycles. The Labute approximate surface area is 103 Å². The van der Waals surface area contributed by atoms with Crippen LogP contribution in [0.25, 0.3) is 0 Å². The van der Waals surface area contributed by atoms with Crippen molar-refractivity contribution < 1.29 is 13.2 Å². The van der Waals surface area contributed by atoms with Gasteiger partial charge in [-0.2, -0.15) is 4.91 Å². The lowest BCUT2D eigenvalue weighted by molar-refractivity contribution is 0.0984. The Bertz CT molecular complexity index is 611. The van der Waals surface area contributed by atoms with Gasteiger partial charge < -0.3 is 0 Å². The molecule has 90 valence electrons. The highest BCUT2D eigenvalue weighted by Crippen LogP contribution is 2.38. The summed E-state index contributed by atoms with van der Waals surface area (Å²) in [5.74, 6) is -0.616. The van der Waals surface area contributed by atoms with E-state index in [-0.39, 0.29) is 15.5 Å². The first kappa shape index (κ1) is 12.2. The molecule has 2 atom stereocenters. The Morgan fingerprint density at radius 1 is 1.41 bits per heavy atom. The van der Waals surface area contributed by atoms with Crippen LogP contribution >= 0.6 is 11.6 Å². The van der Waals surface area contributed by atoms with E-state index in [9.17, 15) is 18.1 Å². The Kier molecular flexibility index (Phi) is 2.79. The molecule has 5 nitrogen and oxygen atoms in total. The van der Waals surface area contributed by atoms with Crippen molar-refractivity contribution in [1.82, 2.24) is 0 Å². The number of carbonyl (C=O) groups excluding carboxylic acids is 1. The molecule has 0 N–H and O–H groups in total. The van der Waals surface area contributed by atoms with Crippen LogP contribution in [0.15, 0.2) is 28.3 Å². The average molecular weight is 274 g/mol. The molecule has 1 aliphatic heterocycles. The summed E-state index contributed by atoms with van der Waals surface area (Å²) in [6, 6.07) is 3.15. The van der Waals surface area contributed by atoms with Gasteiger partial charge in [0.2, 0.25) is 0 Å². The first-order valence-corrected chi connectivity index (χ1v) is 6.72. The van der Waals surface area contributed by atoms with Crippen molar-refractivity contribution in [2.45, 2.75) is 23.1 Å². The second-order valence-corrected chi connectivity index (χ2v) is 6.21. The molecule has 0 radical (unpaired) electrons. The number of carbonyl (C=O) groups is 1. The monoisotopic (exact) mass is 273 g/mol. The zero-order valence-electron chi connectivity index (χ0n) is 8.75. The molecular formula is C10H8ClNO4S. The molecule has 7 heteroatoms. The van der Waals surface area contributed by atoms with Crippen LogP contribution in [0.4, 0.5) is 0 Å². The molecule has 2 unspecified atom stereocenters. The summed E-state index contributed by atoms with van der Waals surface area (Å²) in [5, 5.41) is 1.18. The number of nitrogens with zero attached hydrogens (tertiary/aromatic N) is 1. The summed E-state index contributed by atoms with van der Waals surface area (Å²) >= 11 is 5.79. The van der Waals surface area contributed by atoms with E-state index in [0.717, 1.165) is 0 Å². The minimum atomic E-state index is -3.91. The van der Waals surface area contributed by atoms with Crippen LogP contribution in [-0.4, -0.2) is 25.5 Å². The summed E-state index contributed by atoms with van der Waals surface area (Å²) in [4.78, 5) is 22.2. The average Bonchev–Trinajstić information content (AvgIpc) is 2.47. The Hall–Kier alpha value is -1.27. The summed E-state index contributed by atoms with van der Waals surface area (Å²) in [6.45, 7) is 1.30. The van der Waals surface area contributed by atoms with Crippen LogP contribution in [0.1, 0.15) is 17.3 Å². The lowest BCUT2D eigenvalue weighted by Gasteiger charge is -2.09. The minimum absolute atomic E-state index is 0.00329. The van der Waals surface area contributed by atoms with Crippen molar-refractivity contribution in [2.24, 2.45) is 5.18 Å². The van der Waals surface area contributed by atoms with Crippen molar-refractivity contribution in [3.63, 3.8) is 0 Å². The van der Waals surface area contributed by atoms with Gasteiger partial charge in [0.05, 0.1) is 9.92 Å². The van der Waals surface area contributed by atoms with Gasteiger partial charge >= 0.3 is 0 Å². The fourth-order valence-corrected chi connectivity index (χ4v) is 4.49. The maximum Gasteiger partial charge on any atom is 0.193 e. The molecule has 0 saturated heterocycles. The quantitative estimate of drug-likeness (QED) is 0.770. The molecule has 1 aromatic rings. The molecule has 2 rings (SSSR count). The van der Waals surface area contributed by atoms with E-state index in [2.05, 4.69) is 5.18 Å². The third kappa shape index (κ3) is 1.59. The van der Waals surface area contributed by atoms with Gasteiger partial charge in [-0.15, -0.1) is 0 Å². The van der Waals surface area contributed by atoms with Gasteiger partial charge in [0.25, 0.3) is 0 Å². The zero-order valence-corrected chi connectivity index (χ0v) is 10.3. The van der Waals surface area contributed by atoms with Gasteiger partial charge in [-0.3, -0.25) is 4.79 Å². The molecule has 0 spiro atoms. The number of ketones is 1. The summed E-state index contributed by atoms with van der Waals surface area (Å²) in [5.41, 5.74) is 0.0398. The van der Waals surface area contributed by atoms with Crippen LogP contribution < -0.4 is 0 Å². The van der Waals surface area contributed by atoms with Gasteiger partial charge in [0, 0.05) is 5.56 Å². The van der Waals surface area contributed by atoms with E-state index >= 15 is 0 Å². The molecule has 0 aliphatic carbocycles. The van der Waals surface area contributed by atoms with E-state index in [1.807, 2.05) is 0 Å². The molecule has 1 aromatic carbocycles. The highest BCUT2D eigenvalue weighted by molar-refractivity contribution is 7.93. The summed E-state index contributed by atoms with van der Waals surface area (Å²) in [6.07, 6.45) is 0. The van der Waals surface area contributed by atoms with E-state index < -0.39 is 26.9 Å². The van der Waals surface area contributed by atoms with Crippen molar-refractivity contribution in [3.05, 3.63) is 33.7 Å². The Morgan fingerprint density at radius 2 is 2.06 bits per heavy atom. The maximum absolute atomic E-state index is 12.1. The van der Waals surface area contributed by atoms with Crippen molar-refractivity contribution in [2.75, 3.05) is 0 Å². The maximum atomic E-state index is 12.1. The summed E-state index contributed by atoms with van der Waals surface area (Å²) in [7, 11) is -3.91. The molecule has 17 heavy (non-hydrogen) atoms. The van der Waals surface area contributed by atoms with Gasteiger partial charge in [-0.05, 0) is 19.1 Å². The van der Waals surface area contributed by atoms with Gasteiger partial charge in [0.15, 0.2) is 20.9 Å². The van der Waals surface area contributed by atoms with Crippen LogP contribution in [0.3, 0.4) is 0 Å². The number of nitroso groups, excluding NO2 is 1. The SMILES string of the molecule is CC(N=O)C1C(=O)c2cccc(Cl)c2S1(=O)=O. The second-order valence-electron chi connectivity index (χ2n) is 3.79. The van der Waals surface area contributed by atoms with Gasteiger partial charge in [-0.1, -0.05) is 22.8 Å². The predicted octanol–water partition coefficient (Wildman–Crippen LogP) is 1.83. The van der Waals surface area contributed by atoms with Crippen molar-refractivity contribution >= 4 is 27.2 Å². The molecule has 0 bridgehead atoms. The van der Waals surface area contributed by atoms with Crippen molar-refractivity contribution in [1.29, 1.82) is 0 Å². The van der Waals surface area contributed by atoms with E-state index in [1.165, 1.54) is 25.1 Å². The van der Waals surface area contributed by atoms with Gasteiger partial charge in [-0.25, -0.2) is 8.42 Å². The third-order valence-electron chi connectivity index (χ3n) is 2.71. The molecule has 0 saturated carbocycles. The molecule has 0 aromatic heterocycles. The summed E-state index contributed by atoms with van der Waals surface area (Å²) < 4.78 is 24.2. The van der Waals surface area contributed by atoms with Crippen molar-refractivity contribution in [3.8, 4) is 0 Å². The second kappa shape index (κ2) is 3.89. The Balaban J connectivity index is 2.74. The standard InChI is InChI=1S/C10H8ClNO4S/c1-5(12-14)9-8(13)6-3-2-4-7(11)10(6)17(9,15)16/h2-5,9H,1H3. The smallest absolute Gasteiger partial charge is 0.193 e. The fraction of sp³-hybridized carbons (Fsp3) is 0.300. The Morgan fingerprint density at radius 3 is 2.59 bits per heavy atom. The highest BCUT2D eigenvalue weighted by atomic mass is 35.5. The fourth-order valence-electron chi connectivity index (χ4n) is 1.95. The first-order chi connectivity index (χ1) is 7.91. The molecule has 0 amide bonds. The van der Waals surface area contributed by atoms with Crippen LogP contribution in [0.2, 0.25) is 5.02 Å². The number of halogens is 1. The van der Waals surface area contributed by atoms with E-state index in [1.54, 1.807) is 0 Å². The molecule has 0 fully saturated rings.